The van der Waals surface area contributed by atoms with E-state index in [9.17, 15) is 15.0 Å². The zero-order chi connectivity index (χ0) is 30.5. The standard InChI is InChI=1S/C33H44N4O7/c1-31-6-5-28(39)32(2,20-38)26(31)17-27(36-7-11-41-12-8-36)33(21-43-33)25(31)4-3-23-16-24(44-29(23)40)15-22-18-34-30(35-19-22)37-9-13-42-14-10-37/h3-4,15-16,18-19,25-28,38-39H,5-14,17,20-21H2,1-2H3/b4-3+,24-15+/t25?,26?,27?,28-,31-,32+,33?/m1/s1. The quantitative estimate of drug-likeness (QED) is 0.363. The molecule has 0 amide bonds. The SMILES string of the molecule is C[C@]12CC[C@@H](O)[C@@](C)(CO)C1CC(N1CCOCC1)C1(CO1)C2/C=C/C1=CC(=C\c2cnc(N3CCOCC3)nc2)/OC1=O. The second kappa shape index (κ2) is 11.6. The normalized spacial score (nSPS) is 40.4. The lowest BCUT2D eigenvalue weighted by Crippen LogP contribution is -2.67. The number of rotatable bonds is 6. The van der Waals surface area contributed by atoms with Crippen molar-refractivity contribution in [3.63, 3.8) is 0 Å². The molecule has 0 bridgehead atoms. The van der Waals surface area contributed by atoms with Crippen molar-refractivity contribution in [2.24, 2.45) is 22.7 Å². The average Bonchev–Trinajstić information content (AvgIpc) is 3.75. The maximum atomic E-state index is 13.0. The van der Waals surface area contributed by atoms with Gasteiger partial charge in [-0.3, -0.25) is 4.90 Å². The molecular weight excluding hydrogens is 564 g/mol. The Balaban J connectivity index is 1.16. The largest absolute Gasteiger partial charge is 0.423 e. The van der Waals surface area contributed by atoms with Crippen molar-refractivity contribution in [2.45, 2.75) is 50.9 Å². The first kappa shape index (κ1) is 30.0. The summed E-state index contributed by atoms with van der Waals surface area (Å²) in [6.07, 6.45) is 12.8. The van der Waals surface area contributed by atoms with Gasteiger partial charge in [-0.05, 0) is 42.7 Å². The van der Waals surface area contributed by atoms with E-state index in [1.165, 1.54) is 0 Å². The fourth-order valence-electron chi connectivity index (χ4n) is 8.73. The van der Waals surface area contributed by atoms with Gasteiger partial charge in [0.2, 0.25) is 5.95 Å². The summed E-state index contributed by atoms with van der Waals surface area (Å²) in [7, 11) is 0. The second-order valence-electron chi connectivity index (χ2n) is 13.7. The molecule has 11 nitrogen and oxygen atoms in total. The molecule has 11 heteroatoms. The topological polar surface area (TPSA) is 130 Å². The number of aliphatic hydroxyl groups excluding tert-OH is 2. The Kier molecular flexibility index (Phi) is 7.91. The number of anilines is 1. The van der Waals surface area contributed by atoms with Crippen LogP contribution in [0.25, 0.3) is 6.08 Å². The van der Waals surface area contributed by atoms with Gasteiger partial charge in [0.05, 0.1) is 51.3 Å². The third-order valence-corrected chi connectivity index (χ3v) is 11.3. The number of allylic oxidation sites excluding steroid dienone is 1. The average molecular weight is 609 g/mol. The summed E-state index contributed by atoms with van der Waals surface area (Å²) in [5.74, 6) is 0.772. The zero-order valence-corrected chi connectivity index (χ0v) is 25.7. The summed E-state index contributed by atoms with van der Waals surface area (Å²) in [5.41, 5.74) is -0.00243. The van der Waals surface area contributed by atoms with Crippen LogP contribution >= 0.6 is 0 Å². The number of aromatic nitrogens is 2. The fraction of sp³-hybridized carbons (Fsp3) is 0.667. The summed E-state index contributed by atoms with van der Waals surface area (Å²) < 4.78 is 23.1. The maximum absolute atomic E-state index is 13.0. The van der Waals surface area contributed by atoms with Crippen LogP contribution in [0.5, 0.6) is 0 Å². The highest BCUT2D eigenvalue weighted by Gasteiger charge is 2.71. The summed E-state index contributed by atoms with van der Waals surface area (Å²) in [4.78, 5) is 26.6. The van der Waals surface area contributed by atoms with Crippen LogP contribution in [-0.2, 0) is 23.7 Å². The van der Waals surface area contributed by atoms with Crippen LogP contribution in [0.3, 0.4) is 0 Å². The molecule has 1 aromatic rings. The lowest BCUT2D eigenvalue weighted by Gasteiger charge is -2.63. The van der Waals surface area contributed by atoms with E-state index in [-0.39, 0.29) is 35.5 Å². The van der Waals surface area contributed by atoms with Crippen molar-refractivity contribution in [1.82, 2.24) is 14.9 Å². The van der Waals surface area contributed by atoms with E-state index in [0.29, 0.717) is 56.7 Å². The first-order valence-electron chi connectivity index (χ1n) is 16.0. The molecule has 2 aliphatic carbocycles. The molecule has 5 fully saturated rings. The number of esters is 1. The van der Waals surface area contributed by atoms with E-state index in [1.807, 2.05) is 13.0 Å². The van der Waals surface area contributed by atoms with Gasteiger partial charge in [-0.2, -0.15) is 0 Å². The highest BCUT2D eigenvalue weighted by molar-refractivity contribution is 5.96. The van der Waals surface area contributed by atoms with Gasteiger partial charge in [-0.15, -0.1) is 0 Å². The molecule has 1 aromatic heterocycles. The van der Waals surface area contributed by atoms with Crippen LogP contribution in [0, 0.1) is 22.7 Å². The van der Waals surface area contributed by atoms with Crippen molar-refractivity contribution in [3.05, 3.63) is 47.5 Å². The number of carbonyl (C=O) groups is 1. The Morgan fingerprint density at radius 3 is 2.41 bits per heavy atom. The van der Waals surface area contributed by atoms with Gasteiger partial charge < -0.3 is 34.1 Å². The van der Waals surface area contributed by atoms with Gasteiger partial charge in [0, 0.05) is 61.5 Å². The van der Waals surface area contributed by atoms with Gasteiger partial charge in [0.25, 0.3) is 0 Å². The second-order valence-corrected chi connectivity index (χ2v) is 13.7. The molecule has 7 atom stereocenters. The predicted octanol–water partition coefficient (Wildman–Crippen LogP) is 1.96. The first-order chi connectivity index (χ1) is 21.3. The Morgan fingerprint density at radius 1 is 1.07 bits per heavy atom. The lowest BCUT2D eigenvalue weighted by molar-refractivity contribution is -0.186. The smallest absolute Gasteiger partial charge is 0.343 e. The Labute approximate surface area is 258 Å². The van der Waals surface area contributed by atoms with Crippen LogP contribution in [0.1, 0.15) is 38.7 Å². The van der Waals surface area contributed by atoms with E-state index in [4.69, 9.17) is 18.9 Å². The number of ether oxygens (including phenoxy) is 4. The van der Waals surface area contributed by atoms with Crippen LogP contribution in [0.4, 0.5) is 5.95 Å². The van der Waals surface area contributed by atoms with Crippen molar-refractivity contribution in [1.29, 1.82) is 0 Å². The van der Waals surface area contributed by atoms with E-state index in [0.717, 1.165) is 44.6 Å². The molecule has 6 aliphatic rings. The molecule has 238 valence electrons. The zero-order valence-electron chi connectivity index (χ0n) is 25.7. The minimum absolute atomic E-state index is 0.0113. The highest BCUT2D eigenvalue weighted by Crippen LogP contribution is 2.66. The van der Waals surface area contributed by atoms with Gasteiger partial charge >= 0.3 is 5.97 Å². The summed E-state index contributed by atoms with van der Waals surface area (Å²) in [6.45, 7) is 10.8. The number of aliphatic hydroxyl groups is 2. The monoisotopic (exact) mass is 608 g/mol. The van der Waals surface area contributed by atoms with E-state index in [2.05, 4.69) is 32.8 Å². The van der Waals surface area contributed by atoms with Crippen LogP contribution < -0.4 is 4.90 Å². The molecule has 0 aromatic carbocycles. The molecule has 1 spiro atoms. The van der Waals surface area contributed by atoms with Crippen molar-refractivity contribution in [2.75, 3.05) is 70.7 Å². The molecule has 5 heterocycles. The van der Waals surface area contributed by atoms with Gasteiger partial charge in [-0.1, -0.05) is 26.0 Å². The third kappa shape index (κ3) is 5.11. The lowest BCUT2D eigenvalue weighted by atomic mass is 9.44. The third-order valence-electron chi connectivity index (χ3n) is 11.3. The predicted molar refractivity (Wildman–Crippen MR) is 161 cm³/mol. The number of nitrogens with zero attached hydrogens (tertiary/aromatic N) is 4. The van der Waals surface area contributed by atoms with E-state index in [1.54, 1.807) is 24.5 Å². The van der Waals surface area contributed by atoms with Crippen LogP contribution in [0.15, 0.2) is 42.0 Å². The Hall–Kier alpha value is -2.67. The number of hydrogen-bond acceptors (Lipinski definition) is 11. The van der Waals surface area contributed by atoms with Crippen LogP contribution in [-0.4, -0.2) is 115 Å². The molecule has 7 rings (SSSR count). The van der Waals surface area contributed by atoms with Crippen molar-refractivity contribution < 1.29 is 34.0 Å². The Bertz CT molecular complexity index is 1330. The highest BCUT2D eigenvalue weighted by atomic mass is 16.6. The molecule has 4 unspecified atom stereocenters. The molecule has 2 N–H and O–H groups in total. The maximum Gasteiger partial charge on any atom is 0.343 e. The minimum atomic E-state index is -0.624. The van der Waals surface area contributed by atoms with Crippen molar-refractivity contribution >= 4 is 18.0 Å². The molecule has 3 saturated heterocycles. The molecule has 44 heavy (non-hydrogen) atoms. The number of fused-ring (bicyclic) bond motifs is 1. The van der Waals surface area contributed by atoms with Gasteiger partial charge in [0.15, 0.2) is 0 Å². The fourth-order valence-corrected chi connectivity index (χ4v) is 8.73. The summed E-state index contributed by atoms with van der Waals surface area (Å²) in [6, 6.07) is 0.135. The van der Waals surface area contributed by atoms with Crippen molar-refractivity contribution in [3.8, 4) is 0 Å². The number of hydrogen-bond donors (Lipinski definition) is 2. The van der Waals surface area contributed by atoms with E-state index < -0.39 is 17.5 Å². The molecule has 2 saturated carbocycles. The summed E-state index contributed by atoms with van der Waals surface area (Å²) >= 11 is 0. The van der Waals surface area contributed by atoms with Gasteiger partial charge in [0.1, 0.15) is 11.4 Å². The van der Waals surface area contributed by atoms with Crippen LogP contribution in [0.2, 0.25) is 0 Å². The Morgan fingerprint density at radius 2 is 1.75 bits per heavy atom. The molecule has 0 radical (unpaired) electrons. The first-order valence-corrected chi connectivity index (χ1v) is 16.0. The minimum Gasteiger partial charge on any atom is -0.423 e. The molecule has 4 aliphatic heterocycles. The number of epoxide rings is 1. The number of morpholine rings is 2. The number of cyclic esters (lactones) is 1. The number of carbonyl (C=O) groups excluding carboxylic acids is 1. The van der Waals surface area contributed by atoms with Gasteiger partial charge in [-0.25, -0.2) is 14.8 Å². The van der Waals surface area contributed by atoms with E-state index >= 15 is 0 Å². The summed E-state index contributed by atoms with van der Waals surface area (Å²) in [5, 5.41) is 21.8. The molecular formula is C33H44N4O7.